The van der Waals surface area contributed by atoms with E-state index in [-0.39, 0.29) is 5.69 Å². The van der Waals surface area contributed by atoms with Crippen molar-refractivity contribution in [3.8, 4) is 10.8 Å². The van der Waals surface area contributed by atoms with E-state index in [2.05, 4.69) is 16.3 Å². The van der Waals surface area contributed by atoms with Gasteiger partial charge < -0.3 is 4.42 Å². The predicted molar refractivity (Wildman–Crippen MR) is 108 cm³/mol. The Balaban J connectivity index is 1.44. The van der Waals surface area contributed by atoms with Crippen molar-refractivity contribution in [1.82, 2.24) is 15.1 Å². The van der Waals surface area contributed by atoms with Crippen molar-refractivity contribution in [2.45, 2.75) is 38.8 Å². The minimum absolute atomic E-state index is 0.0227. The molecule has 146 valence electrons. The van der Waals surface area contributed by atoms with E-state index in [0.29, 0.717) is 35.5 Å². The summed E-state index contributed by atoms with van der Waals surface area (Å²) in [6.45, 7) is 0.864. The van der Waals surface area contributed by atoms with E-state index in [1.165, 1.54) is 35.4 Å². The van der Waals surface area contributed by atoms with Gasteiger partial charge in [-0.2, -0.15) is 0 Å². The lowest BCUT2D eigenvalue weighted by Gasteiger charge is -2.15. The fraction of sp³-hybridized carbons (Fsp3) is 0.368. The highest BCUT2D eigenvalue weighted by atomic mass is 35.5. The molecule has 2 heterocycles. The first-order valence-electron chi connectivity index (χ1n) is 9.05. The van der Waals surface area contributed by atoms with Crippen LogP contribution in [0.3, 0.4) is 0 Å². The fourth-order valence-corrected chi connectivity index (χ4v) is 4.74. The molecule has 3 aromatic rings. The van der Waals surface area contributed by atoms with E-state index in [1.807, 2.05) is 11.9 Å². The molecule has 0 amide bonds. The van der Waals surface area contributed by atoms with Crippen molar-refractivity contribution >= 4 is 28.6 Å². The normalized spacial score (nSPS) is 13.7. The van der Waals surface area contributed by atoms with E-state index in [0.717, 1.165) is 17.7 Å². The molecule has 0 saturated heterocycles. The van der Waals surface area contributed by atoms with Gasteiger partial charge in [0.05, 0.1) is 16.3 Å². The molecule has 1 aromatic carbocycles. The molecule has 0 unspecified atom stereocenters. The molecule has 2 aromatic heterocycles. The first-order chi connectivity index (χ1) is 13.5. The molecule has 0 bridgehead atoms. The summed E-state index contributed by atoms with van der Waals surface area (Å²) in [5.74, 6) is 1.06. The van der Waals surface area contributed by atoms with Crippen LogP contribution in [0.15, 0.2) is 28.7 Å². The largest absolute Gasteiger partial charge is 0.419 e. The number of hydrogen-bond donors (Lipinski definition) is 0. The van der Waals surface area contributed by atoms with Gasteiger partial charge in [-0.15, -0.1) is 21.5 Å². The van der Waals surface area contributed by atoms with E-state index >= 15 is 0 Å². The molecular formula is C19H19ClN4O3S. The maximum absolute atomic E-state index is 11.0. The molecule has 4 rings (SSSR count). The number of halogens is 1. The topological polar surface area (TPSA) is 85.3 Å². The Morgan fingerprint density at radius 3 is 2.86 bits per heavy atom. The third-order valence-corrected chi connectivity index (χ3v) is 6.35. The average Bonchev–Trinajstić information content (AvgIpc) is 3.29. The van der Waals surface area contributed by atoms with Gasteiger partial charge in [-0.25, -0.2) is 0 Å². The monoisotopic (exact) mass is 418 g/mol. The zero-order valence-corrected chi connectivity index (χ0v) is 16.9. The zero-order valence-electron chi connectivity index (χ0n) is 15.4. The quantitative estimate of drug-likeness (QED) is 0.419. The van der Waals surface area contributed by atoms with Crippen LogP contribution in [0.5, 0.6) is 0 Å². The second-order valence-corrected chi connectivity index (χ2v) is 8.52. The van der Waals surface area contributed by atoms with Crippen molar-refractivity contribution < 1.29 is 9.34 Å². The first-order valence-corrected chi connectivity index (χ1v) is 10.2. The molecule has 0 saturated carbocycles. The minimum atomic E-state index is -0.426. The van der Waals surface area contributed by atoms with Gasteiger partial charge in [0.25, 0.3) is 11.6 Å². The van der Waals surface area contributed by atoms with Crippen LogP contribution in [0.25, 0.3) is 10.8 Å². The summed E-state index contributed by atoms with van der Waals surface area (Å²) in [5.41, 5.74) is 2.11. The summed E-state index contributed by atoms with van der Waals surface area (Å²) in [6.07, 6.45) is 4.74. The van der Waals surface area contributed by atoms with Crippen molar-refractivity contribution in [2.75, 3.05) is 7.05 Å². The third kappa shape index (κ3) is 4.09. The van der Waals surface area contributed by atoms with Crippen LogP contribution in [0.4, 0.5) is 5.69 Å². The number of fused-ring (bicyclic) bond motifs is 1. The van der Waals surface area contributed by atoms with Gasteiger partial charge in [0.15, 0.2) is 0 Å². The molecular weight excluding hydrogens is 400 g/mol. The highest BCUT2D eigenvalue weighted by molar-refractivity contribution is 7.15. The molecule has 7 nitrogen and oxygen atoms in total. The highest BCUT2D eigenvalue weighted by Crippen LogP contribution is 2.35. The Bertz CT molecular complexity index is 993. The zero-order chi connectivity index (χ0) is 19.7. The van der Waals surface area contributed by atoms with Crippen molar-refractivity contribution in [1.29, 1.82) is 0 Å². The third-order valence-electron chi connectivity index (χ3n) is 4.76. The van der Waals surface area contributed by atoms with Gasteiger partial charge in [0.1, 0.15) is 0 Å². The predicted octanol–water partition coefficient (Wildman–Crippen LogP) is 4.87. The number of thiophene rings is 1. The Labute approximate surface area is 171 Å². The summed E-state index contributed by atoms with van der Waals surface area (Å²) in [6, 6.07) is 6.61. The molecule has 9 heteroatoms. The first kappa shape index (κ1) is 19.0. The number of nitro groups is 1. The summed E-state index contributed by atoms with van der Waals surface area (Å²) < 4.78 is 5.85. The number of aromatic nitrogens is 2. The van der Waals surface area contributed by atoms with Gasteiger partial charge in [-0.05, 0) is 56.0 Å². The molecule has 0 aliphatic heterocycles. The lowest BCUT2D eigenvalue weighted by atomic mass is 9.99. The van der Waals surface area contributed by atoms with E-state index in [4.69, 9.17) is 16.0 Å². The van der Waals surface area contributed by atoms with E-state index in [1.54, 1.807) is 17.4 Å². The number of hydrogen-bond acceptors (Lipinski definition) is 7. The van der Waals surface area contributed by atoms with Crippen LogP contribution < -0.4 is 0 Å². The number of benzene rings is 1. The maximum Gasteiger partial charge on any atom is 0.269 e. The lowest BCUT2D eigenvalue weighted by molar-refractivity contribution is -0.384. The SMILES string of the molecule is CN(Cc1nnc(-c2cc3c(s2)CCCC3)o1)Cc1cc([N+](=O)[O-])ccc1Cl. The van der Waals surface area contributed by atoms with Gasteiger partial charge in [0.2, 0.25) is 5.89 Å². The van der Waals surface area contributed by atoms with Crippen molar-refractivity contribution in [2.24, 2.45) is 0 Å². The Morgan fingerprint density at radius 2 is 2.07 bits per heavy atom. The molecule has 0 spiro atoms. The number of rotatable bonds is 6. The number of non-ortho nitro benzene ring substituents is 1. The van der Waals surface area contributed by atoms with E-state index in [9.17, 15) is 10.1 Å². The summed E-state index contributed by atoms with van der Waals surface area (Å²) >= 11 is 7.92. The van der Waals surface area contributed by atoms with Crippen LogP contribution >= 0.6 is 22.9 Å². The number of nitro benzene ring substituents is 1. The standard InChI is InChI=1S/C19H19ClN4O3S/c1-23(10-13-8-14(24(25)26)6-7-15(13)20)11-18-21-22-19(27-18)17-9-12-4-2-3-5-16(12)28-17/h6-9H,2-5,10-11H2,1H3. The van der Waals surface area contributed by atoms with Crippen LogP contribution in [0.1, 0.15) is 34.7 Å². The lowest BCUT2D eigenvalue weighted by Crippen LogP contribution is -2.17. The summed E-state index contributed by atoms with van der Waals surface area (Å²) in [5, 5.41) is 19.8. The maximum atomic E-state index is 11.0. The second kappa shape index (κ2) is 7.98. The Kier molecular flexibility index (Phi) is 5.43. The van der Waals surface area contributed by atoms with Crippen LogP contribution in [-0.2, 0) is 25.9 Å². The smallest absolute Gasteiger partial charge is 0.269 e. The summed E-state index contributed by atoms with van der Waals surface area (Å²) in [4.78, 5) is 14.9. The van der Waals surface area contributed by atoms with Crippen molar-refractivity contribution in [3.63, 3.8) is 0 Å². The summed E-state index contributed by atoms with van der Waals surface area (Å²) in [7, 11) is 1.88. The molecule has 1 aliphatic rings. The number of nitrogens with zero attached hydrogens (tertiary/aromatic N) is 4. The van der Waals surface area contributed by atoms with Crippen LogP contribution in [0.2, 0.25) is 5.02 Å². The van der Waals surface area contributed by atoms with Gasteiger partial charge in [0, 0.05) is 28.6 Å². The fourth-order valence-electron chi connectivity index (χ4n) is 3.39. The molecule has 0 N–H and O–H groups in total. The molecule has 0 atom stereocenters. The highest BCUT2D eigenvalue weighted by Gasteiger charge is 2.18. The average molecular weight is 419 g/mol. The Morgan fingerprint density at radius 1 is 1.25 bits per heavy atom. The molecule has 0 fully saturated rings. The van der Waals surface area contributed by atoms with Crippen molar-refractivity contribution in [3.05, 3.63) is 61.3 Å². The molecule has 0 radical (unpaired) electrons. The van der Waals surface area contributed by atoms with Gasteiger partial charge >= 0.3 is 0 Å². The van der Waals surface area contributed by atoms with Crippen LogP contribution in [0, 0.1) is 10.1 Å². The van der Waals surface area contributed by atoms with Gasteiger partial charge in [-0.3, -0.25) is 15.0 Å². The minimum Gasteiger partial charge on any atom is -0.419 e. The second-order valence-electron chi connectivity index (χ2n) is 6.97. The molecule has 1 aliphatic carbocycles. The number of aryl methyl sites for hydroxylation is 2. The van der Waals surface area contributed by atoms with Crippen LogP contribution in [-0.4, -0.2) is 27.1 Å². The van der Waals surface area contributed by atoms with E-state index < -0.39 is 4.92 Å². The van der Waals surface area contributed by atoms with Gasteiger partial charge in [-0.1, -0.05) is 11.6 Å². The Hall–Kier alpha value is -2.29. The molecule has 28 heavy (non-hydrogen) atoms.